The van der Waals surface area contributed by atoms with Crippen molar-refractivity contribution in [2.75, 3.05) is 13.2 Å². The summed E-state index contributed by atoms with van der Waals surface area (Å²) in [6.45, 7) is 2.40. The molecule has 1 aromatic carbocycles. The van der Waals surface area contributed by atoms with Crippen molar-refractivity contribution in [2.45, 2.75) is 31.1 Å². The van der Waals surface area contributed by atoms with Gasteiger partial charge in [0, 0.05) is 18.5 Å². The molecule has 1 aromatic rings. The molecule has 0 heterocycles. The second kappa shape index (κ2) is 7.95. The van der Waals surface area contributed by atoms with Crippen molar-refractivity contribution in [2.24, 2.45) is 0 Å². The smallest absolute Gasteiger partial charge is 0.241 e. The van der Waals surface area contributed by atoms with E-state index in [-0.39, 0.29) is 11.5 Å². The fourth-order valence-electron chi connectivity index (χ4n) is 1.48. The SMILES string of the molecule is CCCCNS(=O)(=O)c1ccccc1C#CCCO. The fourth-order valence-corrected chi connectivity index (χ4v) is 2.71. The third kappa shape index (κ3) is 5.03. The van der Waals surface area contributed by atoms with Gasteiger partial charge in [-0.15, -0.1) is 0 Å². The lowest BCUT2D eigenvalue weighted by Crippen LogP contribution is -2.25. The molecule has 19 heavy (non-hydrogen) atoms. The van der Waals surface area contributed by atoms with Gasteiger partial charge in [-0.05, 0) is 18.6 Å². The van der Waals surface area contributed by atoms with Gasteiger partial charge in [-0.2, -0.15) is 0 Å². The van der Waals surface area contributed by atoms with Crippen molar-refractivity contribution in [3.8, 4) is 11.8 Å². The first-order valence-electron chi connectivity index (χ1n) is 6.30. The fraction of sp³-hybridized carbons (Fsp3) is 0.429. The van der Waals surface area contributed by atoms with Crippen LogP contribution in [0.1, 0.15) is 31.7 Å². The average molecular weight is 281 g/mol. The highest BCUT2D eigenvalue weighted by Crippen LogP contribution is 2.14. The molecule has 0 saturated heterocycles. The molecule has 0 aromatic heterocycles. The molecular weight excluding hydrogens is 262 g/mol. The molecule has 0 aliphatic heterocycles. The van der Waals surface area contributed by atoms with E-state index in [9.17, 15) is 8.42 Å². The summed E-state index contributed by atoms with van der Waals surface area (Å²) in [7, 11) is -3.52. The van der Waals surface area contributed by atoms with Crippen molar-refractivity contribution < 1.29 is 13.5 Å². The van der Waals surface area contributed by atoms with Crippen LogP contribution in [-0.4, -0.2) is 26.7 Å². The topological polar surface area (TPSA) is 66.4 Å². The number of unbranched alkanes of at least 4 members (excludes halogenated alkanes) is 1. The number of hydrogen-bond acceptors (Lipinski definition) is 3. The van der Waals surface area contributed by atoms with Crippen LogP contribution >= 0.6 is 0 Å². The highest BCUT2D eigenvalue weighted by molar-refractivity contribution is 7.89. The minimum atomic E-state index is -3.52. The second-order valence-electron chi connectivity index (χ2n) is 4.02. The van der Waals surface area contributed by atoms with Gasteiger partial charge in [-0.3, -0.25) is 0 Å². The third-order valence-electron chi connectivity index (χ3n) is 2.46. The Bertz CT molecular complexity index is 556. The molecule has 0 spiro atoms. The number of hydrogen-bond donors (Lipinski definition) is 2. The highest BCUT2D eigenvalue weighted by atomic mass is 32.2. The number of nitrogens with one attached hydrogen (secondary N) is 1. The molecule has 104 valence electrons. The van der Waals surface area contributed by atoms with E-state index in [0.29, 0.717) is 18.5 Å². The Morgan fingerprint density at radius 1 is 1.32 bits per heavy atom. The first kappa shape index (κ1) is 15.7. The van der Waals surface area contributed by atoms with E-state index in [0.717, 1.165) is 12.8 Å². The third-order valence-corrected chi connectivity index (χ3v) is 3.98. The Morgan fingerprint density at radius 2 is 2.05 bits per heavy atom. The monoisotopic (exact) mass is 281 g/mol. The first-order chi connectivity index (χ1) is 9.11. The maximum atomic E-state index is 12.1. The van der Waals surface area contributed by atoms with Crippen LogP contribution in [-0.2, 0) is 10.0 Å². The molecule has 1 rings (SSSR count). The maximum Gasteiger partial charge on any atom is 0.241 e. The Hall–Kier alpha value is -1.35. The minimum absolute atomic E-state index is 0.0311. The lowest BCUT2D eigenvalue weighted by molar-refractivity contribution is 0.305. The van der Waals surface area contributed by atoms with Crippen LogP contribution in [0.25, 0.3) is 0 Å². The predicted molar refractivity (Wildman–Crippen MR) is 75.1 cm³/mol. The van der Waals surface area contributed by atoms with Crippen LogP contribution in [0.5, 0.6) is 0 Å². The highest BCUT2D eigenvalue weighted by Gasteiger charge is 2.16. The quantitative estimate of drug-likeness (QED) is 0.613. The van der Waals surface area contributed by atoms with Gasteiger partial charge < -0.3 is 5.11 Å². The first-order valence-corrected chi connectivity index (χ1v) is 7.78. The largest absolute Gasteiger partial charge is 0.395 e. The summed E-state index contributed by atoms with van der Waals surface area (Å²) in [6.07, 6.45) is 2.07. The van der Waals surface area contributed by atoms with Crippen molar-refractivity contribution in [3.63, 3.8) is 0 Å². The standard InChI is InChI=1S/C14H19NO3S/c1-2-3-11-15-19(17,18)14-10-5-4-8-13(14)9-6-7-12-16/h4-5,8,10,15-16H,2-3,7,11-12H2,1H3. The molecule has 0 amide bonds. The summed E-state index contributed by atoms with van der Waals surface area (Å²) < 4.78 is 26.8. The number of rotatable bonds is 6. The molecule has 0 aliphatic carbocycles. The molecule has 0 atom stereocenters. The Balaban J connectivity index is 2.97. The van der Waals surface area contributed by atoms with E-state index in [1.165, 1.54) is 6.07 Å². The molecule has 2 N–H and O–H groups in total. The van der Waals surface area contributed by atoms with E-state index in [1.54, 1.807) is 18.2 Å². The van der Waals surface area contributed by atoms with Crippen LogP contribution in [0, 0.1) is 11.8 Å². The van der Waals surface area contributed by atoms with E-state index in [4.69, 9.17) is 5.11 Å². The van der Waals surface area contributed by atoms with E-state index in [2.05, 4.69) is 16.6 Å². The molecule has 4 nitrogen and oxygen atoms in total. The molecular formula is C14H19NO3S. The van der Waals surface area contributed by atoms with Gasteiger partial charge in [0.25, 0.3) is 0 Å². The maximum absolute atomic E-state index is 12.1. The van der Waals surface area contributed by atoms with Crippen LogP contribution in [0.2, 0.25) is 0 Å². The molecule has 0 bridgehead atoms. The summed E-state index contributed by atoms with van der Waals surface area (Å²) in [5.74, 6) is 5.52. The van der Waals surface area contributed by atoms with E-state index >= 15 is 0 Å². The second-order valence-corrected chi connectivity index (χ2v) is 5.76. The average Bonchev–Trinajstić information content (AvgIpc) is 2.40. The van der Waals surface area contributed by atoms with Gasteiger partial charge in [0.1, 0.15) is 0 Å². The lowest BCUT2D eigenvalue weighted by atomic mass is 10.2. The van der Waals surface area contributed by atoms with Crippen molar-refractivity contribution in [3.05, 3.63) is 29.8 Å². The van der Waals surface area contributed by atoms with Gasteiger partial charge in [0.15, 0.2) is 0 Å². The molecule has 0 fully saturated rings. The predicted octanol–water partition coefficient (Wildman–Crippen LogP) is 1.50. The molecule has 0 saturated carbocycles. The van der Waals surface area contributed by atoms with Gasteiger partial charge in [0.2, 0.25) is 10.0 Å². The van der Waals surface area contributed by atoms with Gasteiger partial charge in [-0.25, -0.2) is 13.1 Å². The normalized spacial score (nSPS) is 10.8. The molecule has 0 radical (unpaired) electrons. The van der Waals surface area contributed by atoms with Crippen LogP contribution in [0.4, 0.5) is 0 Å². The van der Waals surface area contributed by atoms with Gasteiger partial charge >= 0.3 is 0 Å². The summed E-state index contributed by atoms with van der Waals surface area (Å²) in [6, 6.07) is 6.62. The Kier molecular flexibility index (Phi) is 6.57. The van der Waals surface area contributed by atoms with Crippen molar-refractivity contribution in [1.29, 1.82) is 0 Å². The zero-order valence-corrected chi connectivity index (χ0v) is 11.8. The van der Waals surface area contributed by atoms with Crippen LogP contribution in [0.15, 0.2) is 29.2 Å². The molecule has 0 aliphatic rings. The molecule has 0 unspecified atom stereocenters. The van der Waals surface area contributed by atoms with Gasteiger partial charge in [-0.1, -0.05) is 37.3 Å². The number of benzene rings is 1. The lowest BCUT2D eigenvalue weighted by Gasteiger charge is -2.07. The number of aliphatic hydroxyl groups excluding tert-OH is 1. The zero-order chi connectivity index (χ0) is 14.1. The number of sulfonamides is 1. The van der Waals surface area contributed by atoms with Gasteiger partial charge in [0.05, 0.1) is 11.5 Å². The summed E-state index contributed by atoms with van der Waals surface area (Å²) >= 11 is 0. The van der Waals surface area contributed by atoms with E-state index < -0.39 is 10.0 Å². The van der Waals surface area contributed by atoms with Crippen molar-refractivity contribution >= 4 is 10.0 Å². The Labute approximate surface area is 114 Å². The number of aliphatic hydroxyl groups is 1. The minimum Gasteiger partial charge on any atom is -0.395 e. The zero-order valence-electron chi connectivity index (χ0n) is 11.0. The van der Waals surface area contributed by atoms with Crippen molar-refractivity contribution in [1.82, 2.24) is 4.72 Å². The van der Waals surface area contributed by atoms with Crippen LogP contribution in [0.3, 0.4) is 0 Å². The summed E-state index contributed by atoms with van der Waals surface area (Å²) in [5.41, 5.74) is 0.458. The van der Waals surface area contributed by atoms with Crippen LogP contribution < -0.4 is 4.72 Å². The summed E-state index contributed by atoms with van der Waals surface area (Å²) in [5, 5.41) is 8.68. The van der Waals surface area contributed by atoms with E-state index in [1.807, 2.05) is 6.92 Å². The summed E-state index contributed by atoms with van der Waals surface area (Å²) in [4.78, 5) is 0.191. The molecule has 5 heteroatoms. The Morgan fingerprint density at radius 3 is 2.74 bits per heavy atom.